The van der Waals surface area contributed by atoms with E-state index in [0.717, 1.165) is 5.69 Å². The standard InChI is InChI=1S/C21H16N2O4S/c1-13-6-7-15(12-23-13)19-20(24)17-4-2-3-5-18(17)27-21(19)14-8-10-16(11-9-14)28(22,25)26/h2-12H,1H3,(H2,22,25,26). The van der Waals surface area contributed by atoms with Crippen LogP contribution in [0.1, 0.15) is 5.69 Å². The highest BCUT2D eigenvalue weighted by Gasteiger charge is 2.18. The highest BCUT2D eigenvalue weighted by Crippen LogP contribution is 2.32. The highest BCUT2D eigenvalue weighted by molar-refractivity contribution is 7.89. The zero-order chi connectivity index (χ0) is 19.9. The van der Waals surface area contributed by atoms with Crippen LogP contribution in [0.25, 0.3) is 33.4 Å². The topological polar surface area (TPSA) is 103 Å². The second-order valence-corrected chi connectivity index (χ2v) is 7.95. The van der Waals surface area contributed by atoms with E-state index >= 15 is 0 Å². The van der Waals surface area contributed by atoms with Gasteiger partial charge in [-0.15, -0.1) is 0 Å². The van der Waals surface area contributed by atoms with Crippen molar-refractivity contribution in [3.8, 4) is 22.5 Å². The molecule has 0 saturated carbocycles. The molecule has 7 heteroatoms. The van der Waals surface area contributed by atoms with Crippen molar-refractivity contribution in [1.29, 1.82) is 0 Å². The maximum atomic E-state index is 13.2. The predicted molar refractivity (Wildman–Crippen MR) is 107 cm³/mol. The van der Waals surface area contributed by atoms with Gasteiger partial charge in [-0.2, -0.15) is 0 Å². The van der Waals surface area contributed by atoms with Crippen LogP contribution in [0.3, 0.4) is 0 Å². The summed E-state index contributed by atoms with van der Waals surface area (Å²) in [5.41, 5.74) is 2.64. The van der Waals surface area contributed by atoms with E-state index in [1.54, 1.807) is 42.6 Å². The molecule has 4 aromatic rings. The molecule has 2 aromatic heterocycles. The predicted octanol–water partition coefficient (Wildman–Crippen LogP) is 3.48. The Labute approximate surface area is 161 Å². The van der Waals surface area contributed by atoms with E-state index in [1.807, 2.05) is 19.1 Å². The minimum absolute atomic E-state index is 0.0158. The minimum Gasteiger partial charge on any atom is -0.455 e. The lowest BCUT2D eigenvalue weighted by molar-refractivity contribution is 0.597. The van der Waals surface area contributed by atoms with Crippen molar-refractivity contribution in [3.05, 3.63) is 82.8 Å². The number of sulfonamides is 1. The normalized spacial score (nSPS) is 11.6. The van der Waals surface area contributed by atoms with Crippen LogP contribution in [0.4, 0.5) is 0 Å². The summed E-state index contributed by atoms with van der Waals surface area (Å²) in [6.07, 6.45) is 1.62. The van der Waals surface area contributed by atoms with E-state index in [-0.39, 0.29) is 10.3 Å². The second-order valence-electron chi connectivity index (χ2n) is 6.39. The molecule has 0 aliphatic rings. The first kappa shape index (κ1) is 18.1. The van der Waals surface area contributed by atoms with Crippen LogP contribution in [0.5, 0.6) is 0 Å². The fourth-order valence-corrected chi connectivity index (χ4v) is 3.53. The first-order valence-corrected chi connectivity index (χ1v) is 10.0. The Bertz CT molecular complexity index is 1340. The van der Waals surface area contributed by atoms with Crippen molar-refractivity contribution in [1.82, 2.24) is 4.98 Å². The molecule has 0 radical (unpaired) electrons. The van der Waals surface area contributed by atoms with Crippen molar-refractivity contribution in [2.75, 3.05) is 0 Å². The van der Waals surface area contributed by atoms with Gasteiger partial charge < -0.3 is 4.42 Å². The van der Waals surface area contributed by atoms with Crippen molar-refractivity contribution in [2.45, 2.75) is 11.8 Å². The number of pyridine rings is 1. The van der Waals surface area contributed by atoms with E-state index < -0.39 is 10.0 Å². The maximum Gasteiger partial charge on any atom is 0.238 e. The fourth-order valence-electron chi connectivity index (χ4n) is 3.02. The summed E-state index contributed by atoms with van der Waals surface area (Å²) in [6.45, 7) is 1.86. The molecular formula is C21H16N2O4S. The minimum atomic E-state index is -3.81. The lowest BCUT2D eigenvalue weighted by atomic mass is 9.99. The summed E-state index contributed by atoms with van der Waals surface area (Å²) in [5.74, 6) is 0.343. The van der Waals surface area contributed by atoms with Gasteiger partial charge in [0.05, 0.1) is 15.8 Å². The zero-order valence-electron chi connectivity index (χ0n) is 14.9. The molecule has 0 aliphatic heterocycles. The summed E-state index contributed by atoms with van der Waals surface area (Å²) in [6, 6.07) is 16.5. The van der Waals surface area contributed by atoms with Crippen molar-refractivity contribution < 1.29 is 12.8 Å². The number of benzene rings is 2. The Morgan fingerprint density at radius 1 is 0.929 bits per heavy atom. The Balaban J connectivity index is 2.03. The molecule has 0 fully saturated rings. The molecule has 28 heavy (non-hydrogen) atoms. The van der Waals surface area contributed by atoms with Gasteiger partial charge in [-0.05, 0) is 49.4 Å². The monoisotopic (exact) mass is 392 g/mol. The van der Waals surface area contributed by atoms with Gasteiger partial charge in [0.2, 0.25) is 15.5 Å². The molecule has 2 N–H and O–H groups in total. The number of fused-ring (bicyclic) bond motifs is 1. The fraction of sp³-hybridized carbons (Fsp3) is 0.0476. The number of aromatic nitrogens is 1. The molecular weight excluding hydrogens is 376 g/mol. The molecule has 0 aliphatic carbocycles. The van der Waals surface area contributed by atoms with Crippen LogP contribution in [-0.2, 0) is 10.0 Å². The quantitative estimate of drug-likeness (QED) is 0.575. The molecule has 0 atom stereocenters. The molecule has 2 heterocycles. The van der Waals surface area contributed by atoms with Crippen LogP contribution in [0.2, 0.25) is 0 Å². The molecule has 0 amide bonds. The van der Waals surface area contributed by atoms with Gasteiger partial charge in [-0.25, -0.2) is 13.6 Å². The smallest absolute Gasteiger partial charge is 0.238 e. The van der Waals surface area contributed by atoms with Crippen molar-refractivity contribution in [3.63, 3.8) is 0 Å². The SMILES string of the molecule is Cc1ccc(-c2c(-c3ccc(S(N)(=O)=O)cc3)oc3ccccc3c2=O)cn1. The lowest BCUT2D eigenvalue weighted by Gasteiger charge is -2.11. The summed E-state index contributed by atoms with van der Waals surface area (Å²) in [5, 5.41) is 5.63. The average Bonchev–Trinajstić information content (AvgIpc) is 2.68. The van der Waals surface area contributed by atoms with Gasteiger partial charge in [-0.1, -0.05) is 18.2 Å². The van der Waals surface area contributed by atoms with Crippen molar-refractivity contribution in [2.24, 2.45) is 5.14 Å². The number of hydrogen-bond donors (Lipinski definition) is 1. The molecule has 2 aromatic carbocycles. The summed E-state index contributed by atoms with van der Waals surface area (Å²) in [7, 11) is -3.81. The highest BCUT2D eigenvalue weighted by atomic mass is 32.2. The van der Waals surface area contributed by atoms with Gasteiger partial charge in [0.1, 0.15) is 11.3 Å². The average molecular weight is 392 g/mol. The summed E-state index contributed by atoms with van der Waals surface area (Å²) in [4.78, 5) is 17.5. The number of hydrogen-bond acceptors (Lipinski definition) is 5. The third-order valence-electron chi connectivity index (χ3n) is 4.44. The first-order valence-electron chi connectivity index (χ1n) is 8.47. The Kier molecular flexibility index (Phi) is 4.33. The maximum absolute atomic E-state index is 13.2. The first-order chi connectivity index (χ1) is 13.3. The van der Waals surface area contributed by atoms with Crippen LogP contribution < -0.4 is 10.6 Å². The third-order valence-corrected chi connectivity index (χ3v) is 5.37. The van der Waals surface area contributed by atoms with E-state index in [1.165, 1.54) is 12.1 Å². The number of rotatable bonds is 3. The van der Waals surface area contributed by atoms with Crippen LogP contribution in [-0.4, -0.2) is 13.4 Å². The molecule has 0 saturated heterocycles. The number of nitrogens with zero attached hydrogens (tertiary/aromatic N) is 1. The van der Waals surface area contributed by atoms with Gasteiger partial charge >= 0.3 is 0 Å². The number of para-hydroxylation sites is 1. The van der Waals surface area contributed by atoms with E-state index in [9.17, 15) is 13.2 Å². The molecule has 0 spiro atoms. The van der Waals surface area contributed by atoms with Crippen LogP contribution in [0, 0.1) is 6.92 Å². The Morgan fingerprint density at radius 2 is 1.61 bits per heavy atom. The van der Waals surface area contributed by atoms with Gasteiger partial charge in [0.25, 0.3) is 0 Å². The van der Waals surface area contributed by atoms with E-state index in [4.69, 9.17) is 9.56 Å². The van der Waals surface area contributed by atoms with E-state index in [0.29, 0.717) is 33.4 Å². The molecule has 0 unspecified atom stereocenters. The molecule has 4 rings (SSSR count). The molecule has 6 nitrogen and oxygen atoms in total. The number of aryl methyl sites for hydroxylation is 1. The van der Waals surface area contributed by atoms with Gasteiger partial charge in [-0.3, -0.25) is 9.78 Å². The van der Waals surface area contributed by atoms with Crippen molar-refractivity contribution >= 4 is 21.0 Å². The molecule has 140 valence electrons. The van der Waals surface area contributed by atoms with Crippen LogP contribution >= 0.6 is 0 Å². The number of primary sulfonamides is 1. The van der Waals surface area contributed by atoms with E-state index in [2.05, 4.69) is 4.98 Å². The third kappa shape index (κ3) is 3.21. The van der Waals surface area contributed by atoms with Gasteiger partial charge in [0, 0.05) is 23.0 Å². The number of nitrogens with two attached hydrogens (primary N) is 1. The summed E-state index contributed by atoms with van der Waals surface area (Å²) >= 11 is 0. The zero-order valence-corrected chi connectivity index (χ0v) is 15.7. The lowest BCUT2D eigenvalue weighted by Crippen LogP contribution is -2.12. The van der Waals surface area contributed by atoms with Crippen LogP contribution in [0.15, 0.2) is 81.0 Å². The Morgan fingerprint density at radius 3 is 2.25 bits per heavy atom. The second kappa shape index (κ2) is 6.70. The Hall–Kier alpha value is -3.29. The summed E-state index contributed by atoms with van der Waals surface area (Å²) < 4.78 is 29.1. The largest absolute Gasteiger partial charge is 0.455 e. The van der Waals surface area contributed by atoms with Gasteiger partial charge in [0.15, 0.2) is 0 Å². The molecule has 0 bridgehead atoms.